The molecule has 9 rings (SSSR count). The highest BCUT2D eigenvalue weighted by atomic mass is 15.5. The molecule has 0 atom stereocenters. The van der Waals surface area contributed by atoms with Crippen molar-refractivity contribution in [3.63, 3.8) is 0 Å². The summed E-state index contributed by atoms with van der Waals surface area (Å²) in [5.74, 6) is 0.901. The van der Waals surface area contributed by atoms with Crippen LogP contribution in [0.1, 0.15) is 16.7 Å². The molecular weight excluding hydrogens is 695 g/mol. The van der Waals surface area contributed by atoms with Crippen LogP contribution in [0.3, 0.4) is 0 Å². The van der Waals surface area contributed by atoms with Gasteiger partial charge in [-0.15, -0.1) is 0 Å². The number of nitrogens with one attached hydrogen (secondary N) is 2. The smallest absolute Gasteiger partial charge is 0.145 e. The van der Waals surface area contributed by atoms with E-state index in [1.165, 1.54) is 38.5 Å². The topological polar surface area (TPSA) is 44.6 Å². The van der Waals surface area contributed by atoms with Gasteiger partial charge in [-0.2, -0.15) is 0 Å². The fraction of sp³-hybridized carbons (Fsp3) is 0.0577. The highest BCUT2D eigenvalue weighted by Crippen LogP contribution is 2.38. The summed E-state index contributed by atoms with van der Waals surface area (Å²) in [5.41, 5.74) is 17.1. The summed E-state index contributed by atoms with van der Waals surface area (Å²) in [4.78, 5) is 5.15. The molecule has 8 aromatic carbocycles. The lowest BCUT2D eigenvalue weighted by Crippen LogP contribution is -2.40. The number of para-hydroxylation sites is 2. The molecule has 9 aromatic rings. The molecule has 0 saturated heterocycles. The second-order valence-corrected chi connectivity index (χ2v) is 14.2. The van der Waals surface area contributed by atoms with E-state index in [0.717, 1.165) is 45.2 Å². The Bertz CT molecular complexity index is 2780. The van der Waals surface area contributed by atoms with Gasteiger partial charge >= 0.3 is 0 Å². The van der Waals surface area contributed by atoms with Gasteiger partial charge in [-0.1, -0.05) is 152 Å². The fourth-order valence-electron chi connectivity index (χ4n) is 7.66. The maximum Gasteiger partial charge on any atom is 0.145 e. The third-order valence-electron chi connectivity index (χ3n) is 10.5. The molecule has 0 radical (unpaired) electrons. The molecule has 2 N–H and O–H groups in total. The third kappa shape index (κ3) is 7.57. The van der Waals surface area contributed by atoms with Gasteiger partial charge in [-0.05, 0) is 82.4 Å². The molecule has 0 spiro atoms. The summed E-state index contributed by atoms with van der Waals surface area (Å²) in [6, 6.07) is 73.0. The van der Waals surface area contributed by atoms with Crippen molar-refractivity contribution >= 4 is 39.0 Å². The van der Waals surface area contributed by atoms with Gasteiger partial charge in [-0.3, -0.25) is 10.0 Å². The third-order valence-corrected chi connectivity index (χ3v) is 10.5. The lowest BCUT2D eigenvalue weighted by molar-refractivity contribution is 0.330. The standard InChI is InChI=1S/C52H43N5/c1-53-56(37-39-16-6-2-7-17-39)52(41-20-10-4-11-21-41)54-36-38-26-30-44(31-27-38)55-49-32-28-42(34-47(49)40-18-8-3-9-19-40)43-29-33-51-48(35-43)46-24-14-15-25-50(46)57(51)45-22-12-5-13-23-45/h2-35,53,55H,36-37H2,1H3/b54-52-. The molecule has 0 amide bonds. The molecular formula is C52H43N5. The summed E-state index contributed by atoms with van der Waals surface area (Å²) in [7, 11) is 1.95. The van der Waals surface area contributed by atoms with Crippen molar-refractivity contribution in [1.29, 1.82) is 0 Å². The van der Waals surface area contributed by atoms with E-state index in [1.54, 1.807) is 0 Å². The number of anilines is 2. The SMILES string of the molecule is CNN(Cc1ccccc1)/C(=N\Cc1ccc(Nc2ccc(-c3ccc4c(c3)c3ccccc3n4-c3ccccc3)cc2-c2ccccc2)cc1)c1ccccc1. The first-order chi connectivity index (χ1) is 28.2. The van der Waals surface area contributed by atoms with Gasteiger partial charge in [0.05, 0.1) is 24.1 Å². The maximum atomic E-state index is 5.15. The molecule has 5 nitrogen and oxygen atoms in total. The van der Waals surface area contributed by atoms with Crippen LogP contribution in [0.4, 0.5) is 11.4 Å². The van der Waals surface area contributed by atoms with Crippen molar-refractivity contribution in [3.05, 3.63) is 223 Å². The van der Waals surface area contributed by atoms with E-state index < -0.39 is 0 Å². The first-order valence-electron chi connectivity index (χ1n) is 19.4. The Labute approximate surface area is 334 Å². The summed E-state index contributed by atoms with van der Waals surface area (Å²) < 4.78 is 2.36. The molecule has 0 unspecified atom stereocenters. The van der Waals surface area contributed by atoms with Crippen molar-refractivity contribution in [3.8, 4) is 27.9 Å². The van der Waals surface area contributed by atoms with Gasteiger partial charge in [0, 0.05) is 46.0 Å². The van der Waals surface area contributed by atoms with Crippen LogP contribution in [0.2, 0.25) is 0 Å². The number of benzene rings is 8. The monoisotopic (exact) mass is 737 g/mol. The van der Waals surface area contributed by atoms with Crippen LogP contribution in [-0.2, 0) is 13.1 Å². The number of rotatable bonds is 11. The van der Waals surface area contributed by atoms with Crippen LogP contribution in [0.25, 0.3) is 49.7 Å². The quantitative estimate of drug-likeness (QED) is 0.0789. The van der Waals surface area contributed by atoms with Crippen LogP contribution in [0.5, 0.6) is 0 Å². The van der Waals surface area contributed by atoms with Crippen LogP contribution < -0.4 is 10.7 Å². The molecule has 0 aliphatic carbocycles. The van der Waals surface area contributed by atoms with Gasteiger partial charge in [0.1, 0.15) is 5.84 Å². The zero-order valence-corrected chi connectivity index (χ0v) is 31.9. The number of hydrogen-bond donors (Lipinski definition) is 2. The van der Waals surface area contributed by atoms with Crippen LogP contribution >= 0.6 is 0 Å². The van der Waals surface area contributed by atoms with Gasteiger partial charge in [0.25, 0.3) is 0 Å². The van der Waals surface area contributed by atoms with Crippen molar-refractivity contribution in [2.45, 2.75) is 13.1 Å². The Balaban J connectivity index is 1.01. The van der Waals surface area contributed by atoms with Crippen molar-refractivity contribution in [1.82, 2.24) is 15.0 Å². The van der Waals surface area contributed by atoms with Crippen molar-refractivity contribution < 1.29 is 0 Å². The molecule has 276 valence electrons. The van der Waals surface area contributed by atoms with E-state index in [0.29, 0.717) is 13.1 Å². The Morgan fingerprint density at radius 2 is 1.14 bits per heavy atom. The van der Waals surface area contributed by atoms with E-state index in [9.17, 15) is 0 Å². The van der Waals surface area contributed by atoms with Crippen LogP contribution in [0, 0.1) is 0 Å². The minimum atomic E-state index is 0.551. The maximum absolute atomic E-state index is 5.15. The predicted molar refractivity (Wildman–Crippen MR) is 239 cm³/mol. The Kier molecular flexibility index (Phi) is 10.1. The number of amidine groups is 1. The second-order valence-electron chi connectivity index (χ2n) is 14.2. The lowest BCUT2D eigenvalue weighted by atomic mass is 9.96. The van der Waals surface area contributed by atoms with Crippen LogP contribution in [0.15, 0.2) is 211 Å². The highest BCUT2D eigenvalue weighted by molar-refractivity contribution is 6.10. The van der Waals surface area contributed by atoms with Gasteiger partial charge in [-0.25, -0.2) is 5.43 Å². The highest BCUT2D eigenvalue weighted by Gasteiger charge is 2.16. The van der Waals surface area contributed by atoms with E-state index >= 15 is 0 Å². The normalized spacial score (nSPS) is 11.6. The summed E-state index contributed by atoms with van der Waals surface area (Å²) in [5, 5.41) is 8.34. The van der Waals surface area contributed by atoms with Gasteiger partial charge in [0.15, 0.2) is 0 Å². The molecule has 0 aliphatic heterocycles. The average Bonchev–Trinajstić information content (AvgIpc) is 3.62. The zero-order chi connectivity index (χ0) is 38.4. The number of fused-ring (bicyclic) bond motifs is 3. The molecule has 0 bridgehead atoms. The molecule has 57 heavy (non-hydrogen) atoms. The predicted octanol–water partition coefficient (Wildman–Crippen LogP) is 12.4. The largest absolute Gasteiger partial charge is 0.355 e. The Morgan fingerprint density at radius 1 is 0.526 bits per heavy atom. The first-order valence-corrected chi connectivity index (χ1v) is 19.4. The first kappa shape index (κ1) is 35.5. The van der Waals surface area contributed by atoms with E-state index in [-0.39, 0.29) is 0 Å². The number of nitrogens with zero attached hydrogens (tertiary/aromatic N) is 3. The second kappa shape index (κ2) is 16.3. The number of aromatic nitrogens is 1. The van der Waals surface area contributed by atoms with E-state index in [1.807, 2.05) is 19.2 Å². The Morgan fingerprint density at radius 3 is 1.88 bits per heavy atom. The molecule has 0 saturated carbocycles. The molecule has 0 fully saturated rings. The number of hydrazine groups is 1. The van der Waals surface area contributed by atoms with Gasteiger partial charge < -0.3 is 9.88 Å². The molecule has 1 aromatic heterocycles. The summed E-state index contributed by atoms with van der Waals surface area (Å²) in [6.45, 7) is 1.25. The average molecular weight is 738 g/mol. The number of aliphatic imine (C=N–C) groups is 1. The fourth-order valence-corrected chi connectivity index (χ4v) is 7.66. The molecule has 0 aliphatic rings. The number of hydrogen-bond acceptors (Lipinski definition) is 3. The van der Waals surface area contributed by atoms with E-state index in [4.69, 9.17) is 4.99 Å². The summed E-state index contributed by atoms with van der Waals surface area (Å²) in [6.07, 6.45) is 0. The Hall–Kier alpha value is -7.21. The van der Waals surface area contributed by atoms with Crippen LogP contribution in [-0.4, -0.2) is 22.5 Å². The minimum absolute atomic E-state index is 0.551. The summed E-state index contributed by atoms with van der Waals surface area (Å²) >= 11 is 0. The zero-order valence-electron chi connectivity index (χ0n) is 31.9. The van der Waals surface area contributed by atoms with E-state index in [2.05, 4.69) is 214 Å². The van der Waals surface area contributed by atoms with Crippen molar-refractivity contribution in [2.24, 2.45) is 4.99 Å². The molecule has 5 heteroatoms. The molecule has 1 heterocycles. The van der Waals surface area contributed by atoms with Crippen molar-refractivity contribution in [2.75, 3.05) is 12.4 Å². The lowest BCUT2D eigenvalue weighted by Gasteiger charge is -2.25. The minimum Gasteiger partial charge on any atom is -0.355 e. The van der Waals surface area contributed by atoms with Gasteiger partial charge in [0.2, 0.25) is 0 Å².